The van der Waals surface area contributed by atoms with Gasteiger partial charge < -0.3 is 10.0 Å². The summed E-state index contributed by atoms with van der Waals surface area (Å²) in [4.78, 5) is 24.2. The number of carboxylic acid groups (broad SMARTS) is 1. The molecule has 1 rings (SSSR count). The fourth-order valence-electron chi connectivity index (χ4n) is 1.43. The van der Waals surface area contributed by atoms with Crippen molar-refractivity contribution in [3.05, 3.63) is 34.3 Å². The molecular formula is C12H17N3O3. The number of aliphatic carboxylic acids is 1. The summed E-state index contributed by atoms with van der Waals surface area (Å²) in [5, 5.41) is 12.6. The normalized spacial score (nSPS) is 11.4. The Balaban J connectivity index is 2.93. The smallest absolute Gasteiger partial charge is 0.328 e. The van der Waals surface area contributed by atoms with Crippen LogP contribution >= 0.6 is 0 Å². The maximum Gasteiger partial charge on any atom is 0.328 e. The molecule has 1 aromatic rings. The Morgan fingerprint density at radius 2 is 2.28 bits per heavy atom. The summed E-state index contributed by atoms with van der Waals surface area (Å²) in [5.74, 6) is -1.03. The highest BCUT2D eigenvalue weighted by Crippen LogP contribution is 2.06. The Bertz CT molecular complexity index is 520. The molecule has 1 aromatic heterocycles. The first-order chi connectivity index (χ1) is 8.43. The average Bonchev–Trinajstić information content (AvgIpc) is 2.29. The number of carbonyl (C=O) groups is 1. The Hall–Kier alpha value is -2.11. The van der Waals surface area contributed by atoms with E-state index in [1.165, 1.54) is 10.7 Å². The van der Waals surface area contributed by atoms with Crippen LogP contribution in [0.4, 0.5) is 5.69 Å². The molecule has 0 aromatic carbocycles. The van der Waals surface area contributed by atoms with Crippen molar-refractivity contribution in [2.24, 2.45) is 0 Å². The van der Waals surface area contributed by atoms with Gasteiger partial charge in [-0.15, -0.1) is 0 Å². The Morgan fingerprint density at radius 1 is 1.61 bits per heavy atom. The van der Waals surface area contributed by atoms with Gasteiger partial charge in [-0.25, -0.2) is 9.48 Å². The third-order valence-electron chi connectivity index (χ3n) is 2.54. The summed E-state index contributed by atoms with van der Waals surface area (Å²) >= 11 is 0. The van der Waals surface area contributed by atoms with Crippen molar-refractivity contribution in [3.8, 4) is 0 Å². The maximum atomic E-state index is 11.8. The number of anilines is 1. The molecule has 0 saturated carbocycles. The summed E-state index contributed by atoms with van der Waals surface area (Å²) < 4.78 is 1.24. The number of aromatic nitrogens is 2. The lowest BCUT2D eigenvalue weighted by atomic mass is 10.3. The van der Waals surface area contributed by atoms with Crippen molar-refractivity contribution in [1.29, 1.82) is 0 Å². The molecule has 0 saturated heterocycles. The van der Waals surface area contributed by atoms with Crippen LogP contribution in [0.2, 0.25) is 0 Å². The fourth-order valence-corrected chi connectivity index (χ4v) is 1.43. The maximum absolute atomic E-state index is 11.8. The summed E-state index contributed by atoms with van der Waals surface area (Å²) in [6, 6.07) is 1.49. The van der Waals surface area contributed by atoms with Gasteiger partial charge in [-0.3, -0.25) is 4.79 Å². The summed E-state index contributed by atoms with van der Waals surface area (Å²) in [5.41, 5.74) is 1.07. The summed E-state index contributed by atoms with van der Waals surface area (Å²) in [6.45, 7) is 4.59. The minimum Gasteiger partial charge on any atom is -0.478 e. The number of rotatable bonds is 5. The number of nitrogens with zero attached hydrogens (tertiary/aromatic N) is 3. The zero-order valence-corrected chi connectivity index (χ0v) is 10.8. The lowest BCUT2D eigenvalue weighted by Crippen LogP contribution is -2.26. The number of carboxylic acids is 1. The molecule has 0 atom stereocenters. The van der Waals surface area contributed by atoms with Crippen molar-refractivity contribution in [2.45, 2.75) is 20.4 Å². The highest BCUT2D eigenvalue weighted by atomic mass is 16.4. The van der Waals surface area contributed by atoms with Crippen molar-refractivity contribution in [1.82, 2.24) is 9.78 Å². The largest absolute Gasteiger partial charge is 0.478 e. The van der Waals surface area contributed by atoms with Gasteiger partial charge in [0.05, 0.1) is 18.4 Å². The topological polar surface area (TPSA) is 75.4 Å². The van der Waals surface area contributed by atoms with Crippen LogP contribution < -0.4 is 10.5 Å². The van der Waals surface area contributed by atoms with Crippen LogP contribution in [0.1, 0.15) is 13.8 Å². The minimum absolute atomic E-state index is 0.182. The van der Waals surface area contributed by atoms with Gasteiger partial charge in [0.2, 0.25) is 0 Å². The second-order valence-corrected chi connectivity index (χ2v) is 4.05. The van der Waals surface area contributed by atoms with E-state index in [0.717, 1.165) is 18.3 Å². The molecule has 18 heavy (non-hydrogen) atoms. The fraction of sp³-hybridized carbons (Fsp3) is 0.417. The number of hydrogen-bond donors (Lipinski definition) is 1. The van der Waals surface area contributed by atoms with Crippen LogP contribution in [0.25, 0.3) is 0 Å². The molecule has 0 unspecified atom stereocenters. The number of allylic oxidation sites excluding steroid dienone is 1. The van der Waals surface area contributed by atoms with Crippen LogP contribution in [-0.4, -0.2) is 34.4 Å². The zero-order chi connectivity index (χ0) is 13.7. The second kappa shape index (κ2) is 6.00. The van der Waals surface area contributed by atoms with Gasteiger partial charge in [-0.2, -0.15) is 5.10 Å². The molecule has 0 radical (unpaired) electrons. The molecule has 6 nitrogen and oxygen atoms in total. The molecule has 98 valence electrons. The Morgan fingerprint density at radius 3 is 2.78 bits per heavy atom. The van der Waals surface area contributed by atoms with Gasteiger partial charge in [0, 0.05) is 25.7 Å². The van der Waals surface area contributed by atoms with E-state index >= 15 is 0 Å². The van der Waals surface area contributed by atoms with Crippen LogP contribution in [0.3, 0.4) is 0 Å². The van der Waals surface area contributed by atoms with Crippen molar-refractivity contribution in [3.63, 3.8) is 0 Å². The standard InChI is InChI=1S/C12H17N3O3/c1-4-14(3)10-6-11(16)15(13-7-10)8-9(2)5-12(17)18/h5-7H,4,8H2,1-3H3,(H,17,18). The molecule has 1 N–H and O–H groups in total. The van der Waals surface area contributed by atoms with Gasteiger partial charge in [-0.05, 0) is 19.4 Å². The highest BCUT2D eigenvalue weighted by molar-refractivity contribution is 5.80. The van der Waals surface area contributed by atoms with Crippen LogP contribution in [0, 0.1) is 0 Å². The van der Waals surface area contributed by atoms with E-state index in [4.69, 9.17) is 5.11 Å². The quantitative estimate of drug-likeness (QED) is 0.781. The van der Waals surface area contributed by atoms with Crippen LogP contribution in [0.15, 0.2) is 28.7 Å². The summed E-state index contributed by atoms with van der Waals surface area (Å²) in [7, 11) is 1.87. The van der Waals surface area contributed by atoms with Crippen molar-refractivity contribution >= 4 is 11.7 Å². The zero-order valence-electron chi connectivity index (χ0n) is 10.8. The van der Waals surface area contributed by atoms with E-state index < -0.39 is 5.97 Å². The summed E-state index contributed by atoms with van der Waals surface area (Å²) in [6.07, 6.45) is 2.67. The van der Waals surface area contributed by atoms with E-state index in [-0.39, 0.29) is 12.1 Å². The third-order valence-corrected chi connectivity index (χ3v) is 2.54. The molecule has 1 heterocycles. The first-order valence-electron chi connectivity index (χ1n) is 5.62. The molecule has 0 aliphatic carbocycles. The molecule has 0 bridgehead atoms. The molecule has 0 amide bonds. The third kappa shape index (κ3) is 3.73. The van der Waals surface area contributed by atoms with Gasteiger partial charge in [0.15, 0.2) is 0 Å². The van der Waals surface area contributed by atoms with Crippen molar-refractivity contribution in [2.75, 3.05) is 18.5 Å². The molecular weight excluding hydrogens is 234 g/mol. The molecule has 0 spiro atoms. The second-order valence-electron chi connectivity index (χ2n) is 4.05. The van der Waals surface area contributed by atoms with E-state index in [0.29, 0.717) is 5.57 Å². The van der Waals surface area contributed by atoms with Gasteiger partial charge in [0.25, 0.3) is 5.56 Å². The minimum atomic E-state index is -1.03. The molecule has 0 aliphatic heterocycles. The van der Waals surface area contributed by atoms with Crippen LogP contribution in [0.5, 0.6) is 0 Å². The average molecular weight is 251 g/mol. The SMILES string of the molecule is CCN(C)c1cnn(CC(C)=CC(=O)O)c(=O)c1. The van der Waals surface area contributed by atoms with E-state index in [1.54, 1.807) is 13.1 Å². The molecule has 6 heteroatoms. The monoisotopic (exact) mass is 251 g/mol. The van der Waals surface area contributed by atoms with Gasteiger partial charge >= 0.3 is 5.97 Å². The van der Waals surface area contributed by atoms with E-state index in [2.05, 4.69) is 5.10 Å². The first kappa shape index (κ1) is 14.0. The van der Waals surface area contributed by atoms with Gasteiger partial charge in [0.1, 0.15) is 0 Å². The predicted molar refractivity (Wildman–Crippen MR) is 68.8 cm³/mol. The molecule has 0 fully saturated rings. The van der Waals surface area contributed by atoms with Crippen molar-refractivity contribution < 1.29 is 9.90 Å². The first-order valence-corrected chi connectivity index (χ1v) is 5.62. The Kier molecular flexibility index (Phi) is 4.65. The van der Waals surface area contributed by atoms with E-state index in [1.807, 2.05) is 18.9 Å². The van der Waals surface area contributed by atoms with Gasteiger partial charge in [-0.1, -0.05) is 0 Å². The van der Waals surface area contributed by atoms with Crippen LogP contribution in [-0.2, 0) is 11.3 Å². The Labute approximate surface area is 105 Å². The highest BCUT2D eigenvalue weighted by Gasteiger charge is 2.04. The molecule has 0 aliphatic rings. The lowest BCUT2D eigenvalue weighted by Gasteiger charge is -2.16. The number of hydrogen-bond acceptors (Lipinski definition) is 4. The predicted octanol–water partition coefficient (Wildman–Crippen LogP) is 0.730. The lowest BCUT2D eigenvalue weighted by molar-refractivity contribution is -0.131. The van der Waals surface area contributed by atoms with E-state index in [9.17, 15) is 9.59 Å².